The Morgan fingerprint density at radius 3 is 2.08 bits per heavy atom. The van der Waals surface area contributed by atoms with Gasteiger partial charge in [-0.1, -0.05) is 43.3 Å². The highest BCUT2D eigenvalue weighted by Crippen LogP contribution is 2.60. The number of methoxy groups -OCH3 is 2. The van der Waals surface area contributed by atoms with E-state index in [1.165, 1.54) is 23.4 Å². The molecule has 5 heterocycles. The molecule has 0 unspecified atom stereocenters. The second kappa shape index (κ2) is 15.4. The first-order chi connectivity index (χ1) is 28.3. The van der Waals surface area contributed by atoms with Crippen LogP contribution < -0.4 is 25.5 Å². The average molecular weight is 819 g/mol. The van der Waals surface area contributed by atoms with Gasteiger partial charge in [0.15, 0.2) is 17.1 Å². The van der Waals surface area contributed by atoms with Crippen LogP contribution in [0.25, 0.3) is 11.4 Å². The molecule has 5 atom stereocenters. The molecule has 3 aliphatic heterocycles. The van der Waals surface area contributed by atoms with Crippen molar-refractivity contribution < 1.29 is 33.0 Å². The molecule has 306 valence electrons. The predicted octanol–water partition coefficient (Wildman–Crippen LogP) is 5.66. The first-order valence-electron chi connectivity index (χ1n) is 19.7. The number of pyridine rings is 2. The lowest BCUT2D eigenvalue weighted by molar-refractivity contribution is -0.151. The van der Waals surface area contributed by atoms with Gasteiger partial charge >= 0.3 is 0 Å². The number of fused-ring (bicyclic) bond motifs is 3. The Kier molecular flexibility index (Phi) is 10.4. The number of rotatable bonds is 10. The topological polar surface area (TPSA) is 133 Å². The molecule has 0 bridgehead atoms. The van der Waals surface area contributed by atoms with Gasteiger partial charge in [0.1, 0.15) is 0 Å². The van der Waals surface area contributed by atoms with Crippen molar-refractivity contribution in [2.75, 3.05) is 25.7 Å². The summed E-state index contributed by atoms with van der Waals surface area (Å²) >= 11 is 0. The van der Waals surface area contributed by atoms with Gasteiger partial charge in [-0.15, -0.1) is 0 Å². The molecule has 1 N–H and O–H groups in total. The maximum atomic E-state index is 16.8. The average Bonchev–Trinajstić information content (AvgIpc) is 3.66. The van der Waals surface area contributed by atoms with E-state index in [4.69, 9.17) is 14.2 Å². The third-order valence-electron chi connectivity index (χ3n) is 12.3. The Morgan fingerprint density at radius 2 is 1.47 bits per heavy atom. The molecule has 14 heteroatoms. The largest absolute Gasteiger partial charge is 0.491 e. The molecule has 0 saturated carbocycles. The number of aliphatic hydroxyl groups is 1. The van der Waals surface area contributed by atoms with Gasteiger partial charge in [-0.2, -0.15) is 0 Å². The van der Waals surface area contributed by atoms with Gasteiger partial charge in [0.25, 0.3) is 17.0 Å². The van der Waals surface area contributed by atoms with Crippen molar-refractivity contribution in [1.29, 1.82) is 0 Å². The summed E-state index contributed by atoms with van der Waals surface area (Å²) < 4.78 is 37.2. The van der Waals surface area contributed by atoms with E-state index in [0.29, 0.717) is 35.6 Å². The van der Waals surface area contributed by atoms with Gasteiger partial charge in [-0.05, 0) is 90.8 Å². The fraction of sp³-hybridized carbons (Fsp3) is 0.333. The second-order valence-corrected chi connectivity index (χ2v) is 19.9. The molecular weight excluding hydrogens is 772 g/mol. The van der Waals surface area contributed by atoms with Crippen LogP contribution in [-0.4, -0.2) is 72.3 Å². The zero-order chi connectivity index (χ0) is 41.8. The molecule has 3 aliphatic rings. The number of hydrogen-bond acceptors (Lipinski definition) is 8. The van der Waals surface area contributed by atoms with Crippen LogP contribution in [0, 0.1) is 5.92 Å². The fourth-order valence-electron chi connectivity index (χ4n) is 9.48. The van der Waals surface area contributed by atoms with Gasteiger partial charge in [-0.3, -0.25) is 28.3 Å². The number of carbonyl (C=O) groups excluding carboxylic acids is 2. The highest BCUT2D eigenvalue weighted by Gasteiger charge is 2.67. The molecule has 2 aromatic heterocycles. The maximum Gasteiger partial charge on any atom is 0.297 e. The summed E-state index contributed by atoms with van der Waals surface area (Å²) in [4.78, 5) is 59.3. The van der Waals surface area contributed by atoms with Crippen LogP contribution in [0.4, 0.5) is 9.80 Å². The molecule has 3 aromatic carbocycles. The normalized spacial score (nSPS) is 22.4. The molecule has 2 amide bonds. The fourth-order valence-corrected chi connectivity index (χ4v) is 12.0. The Bertz CT molecular complexity index is 2550. The van der Waals surface area contributed by atoms with E-state index in [1.807, 2.05) is 43.3 Å². The summed E-state index contributed by atoms with van der Waals surface area (Å²) in [6.45, 7) is 5.18. The molecule has 1 spiro atoms. The molecule has 5 aromatic rings. The quantitative estimate of drug-likeness (QED) is 0.141. The highest BCUT2D eigenvalue weighted by atomic mass is 28.4. The third-order valence-corrected chi connectivity index (χ3v) is 14.8. The number of amides is 2. The van der Waals surface area contributed by atoms with Crippen molar-refractivity contribution in [2.45, 2.75) is 69.2 Å². The number of benzene rings is 3. The standard InChI is InChI=1S/C45H47FN4O8Si/c1-28-41(59(4,5)46)39(24-40(52)49-26-31-11-7-6-10-30(31)22-34(49)27-51)58-45(28)35-23-33(48-21-9-13-38(57-3)43(48)54)18-19-36(35)50(44(45)55)25-29-14-16-32(17-15-29)47-20-8-12-37(56-2)42(47)53/h6-21,23,28,34,39,41,51H,22,24-27H2,1-5H3/t28-,34+,39+,41-,45+/m1/s1. The molecule has 0 radical (unpaired) electrons. The summed E-state index contributed by atoms with van der Waals surface area (Å²) in [6.07, 6.45) is 2.61. The Balaban J connectivity index is 1.19. The number of ether oxygens (including phenoxy) is 3. The summed E-state index contributed by atoms with van der Waals surface area (Å²) in [5.41, 5.74) is 1.69. The molecule has 12 nitrogen and oxygen atoms in total. The first kappa shape index (κ1) is 40.0. The number of aromatic nitrogens is 2. The van der Waals surface area contributed by atoms with Crippen molar-refractivity contribution in [2.24, 2.45) is 5.92 Å². The predicted molar refractivity (Wildman–Crippen MR) is 223 cm³/mol. The second-order valence-electron chi connectivity index (χ2n) is 16.1. The lowest BCUT2D eigenvalue weighted by atomic mass is 9.82. The summed E-state index contributed by atoms with van der Waals surface area (Å²) in [7, 11) is -0.808. The van der Waals surface area contributed by atoms with E-state index in [9.17, 15) is 19.5 Å². The molecule has 8 rings (SSSR count). The van der Waals surface area contributed by atoms with E-state index in [1.54, 1.807) is 89.9 Å². The van der Waals surface area contributed by atoms with Gasteiger partial charge in [0.2, 0.25) is 14.3 Å². The van der Waals surface area contributed by atoms with Crippen LogP contribution in [0.1, 0.15) is 35.6 Å². The minimum absolute atomic E-state index is 0.117. The Labute approximate surface area is 342 Å². The van der Waals surface area contributed by atoms with Crippen molar-refractivity contribution in [1.82, 2.24) is 14.0 Å². The van der Waals surface area contributed by atoms with E-state index in [-0.39, 0.29) is 42.5 Å². The van der Waals surface area contributed by atoms with Crippen LogP contribution in [0.3, 0.4) is 0 Å². The minimum Gasteiger partial charge on any atom is -0.491 e. The monoisotopic (exact) mass is 818 g/mol. The maximum absolute atomic E-state index is 16.8. The summed E-state index contributed by atoms with van der Waals surface area (Å²) in [5.74, 6) is -1.06. The number of carbonyl (C=O) groups is 2. The molecule has 1 saturated heterocycles. The number of aliphatic hydroxyl groups excluding tert-OH is 1. The number of nitrogens with zero attached hydrogens (tertiary/aromatic N) is 4. The zero-order valence-electron chi connectivity index (χ0n) is 33.6. The van der Waals surface area contributed by atoms with Crippen LogP contribution in [0.15, 0.2) is 113 Å². The van der Waals surface area contributed by atoms with E-state index in [2.05, 4.69) is 0 Å². The third kappa shape index (κ3) is 6.78. The van der Waals surface area contributed by atoms with Crippen LogP contribution in [0.2, 0.25) is 18.6 Å². The van der Waals surface area contributed by atoms with Crippen molar-refractivity contribution >= 4 is 25.9 Å². The van der Waals surface area contributed by atoms with Gasteiger partial charge < -0.3 is 33.2 Å². The van der Waals surface area contributed by atoms with Crippen molar-refractivity contribution in [3.05, 3.63) is 146 Å². The Hall–Kier alpha value is -5.83. The van der Waals surface area contributed by atoms with Crippen molar-refractivity contribution in [3.8, 4) is 22.9 Å². The van der Waals surface area contributed by atoms with E-state index >= 15 is 8.90 Å². The van der Waals surface area contributed by atoms with Crippen LogP contribution >= 0.6 is 0 Å². The van der Waals surface area contributed by atoms with Crippen molar-refractivity contribution in [3.63, 3.8) is 0 Å². The van der Waals surface area contributed by atoms with Crippen LogP contribution in [-0.2, 0) is 39.4 Å². The molecule has 0 aliphatic carbocycles. The zero-order valence-corrected chi connectivity index (χ0v) is 34.6. The lowest BCUT2D eigenvalue weighted by Crippen LogP contribution is -2.48. The summed E-state index contributed by atoms with van der Waals surface area (Å²) in [5, 5.41) is 10.4. The van der Waals surface area contributed by atoms with Crippen LogP contribution in [0.5, 0.6) is 11.5 Å². The highest BCUT2D eigenvalue weighted by molar-refractivity contribution is 6.72. The number of hydrogen-bond donors (Lipinski definition) is 1. The minimum atomic E-state index is -3.66. The number of halogens is 1. The van der Waals surface area contributed by atoms with E-state index in [0.717, 1.165) is 16.7 Å². The number of anilines is 1. The smallest absolute Gasteiger partial charge is 0.297 e. The SMILES string of the molecule is COc1cccn(-c2ccc(CN3C(=O)[C@@]4(O[C@@H](CC(=O)N5Cc6ccccc6C[C@H]5CO)[C@H]([Si](C)(C)F)[C@H]4C)c4cc(-n5cccc(OC)c5=O)ccc43)cc2)c1=O. The van der Waals surface area contributed by atoms with Gasteiger partial charge in [0, 0.05) is 47.3 Å². The molecule has 1 fully saturated rings. The molecule has 59 heavy (non-hydrogen) atoms. The first-order valence-corrected chi connectivity index (χ1v) is 22.7. The van der Waals surface area contributed by atoms with Gasteiger partial charge in [0.05, 0.1) is 51.6 Å². The van der Waals surface area contributed by atoms with E-state index < -0.39 is 49.1 Å². The Morgan fingerprint density at radius 1 is 0.864 bits per heavy atom. The lowest BCUT2D eigenvalue weighted by Gasteiger charge is -2.37. The van der Waals surface area contributed by atoms with Gasteiger partial charge in [-0.25, -0.2) is 0 Å². The molecular formula is C45H47FN4O8Si. The summed E-state index contributed by atoms with van der Waals surface area (Å²) in [6, 6.07) is 26.4.